The minimum Gasteiger partial charge on any atom is -0.481 e. The van der Waals surface area contributed by atoms with E-state index in [4.69, 9.17) is 5.11 Å². The van der Waals surface area contributed by atoms with E-state index < -0.39 is 5.97 Å². The Labute approximate surface area is 85.7 Å². The summed E-state index contributed by atoms with van der Waals surface area (Å²) >= 11 is 3.35. The van der Waals surface area contributed by atoms with Gasteiger partial charge in [-0.3, -0.25) is 4.79 Å². The Morgan fingerprint density at radius 1 is 1.54 bits per heavy atom. The molecule has 0 bridgehead atoms. The van der Waals surface area contributed by atoms with Crippen molar-refractivity contribution < 1.29 is 9.90 Å². The van der Waals surface area contributed by atoms with Crippen molar-refractivity contribution in [3.63, 3.8) is 0 Å². The average Bonchev–Trinajstić information content (AvgIpc) is 2.08. The van der Waals surface area contributed by atoms with Crippen LogP contribution in [0.1, 0.15) is 18.1 Å². The van der Waals surface area contributed by atoms with Crippen molar-refractivity contribution in [2.24, 2.45) is 0 Å². The Morgan fingerprint density at radius 2 is 2.23 bits per heavy atom. The molecule has 0 aliphatic heterocycles. The van der Waals surface area contributed by atoms with Crippen LogP contribution in [0.2, 0.25) is 0 Å². The minimum absolute atomic E-state index is 0.0879. The molecule has 70 valence electrons. The normalized spacial score (nSPS) is 10.0. The van der Waals surface area contributed by atoms with E-state index in [1.54, 1.807) is 0 Å². The van der Waals surface area contributed by atoms with Gasteiger partial charge in [0.05, 0.1) is 6.42 Å². The Balaban J connectivity index is 3.07. The molecule has 0 fully saturated rings. The summed E-state index contributed by atoms with van der Waals surface area (Å²) in [6, 6.07) is 5.76. The maximum absolute atomic E-state index is 10.6. The smallest absolute Gasteiger partial charge is 0.307 e. The van der Waals surface area contributed by atoms with E-state index in [2.05, 4.69) is 15.9 Å². The highest BCUT2D eigenvalue weighted by atomic mass is 79.9. The average molecular weight is 243 g/mol. The van der Waals surface area contributed by atoms with Crippen LogP contribution < -0.4 is 0 Å². The summed E-state index contributed by atoms with van der Waals surface area (Å²) in [7, 11) is 0. The molecule has 0 radical (unpaired) electrons. The Morgan fingerprint density at radius 3 is 2.77 bits per heavy atom. The molecule has 0 amide bonds. The molecule has 0 aliphatic rings. The maximum Gasteiger partial charge on any atom is 0.307 e. The number of carboxylic acid groups (broad SMARTS) is 1. The van der Waals surface area contributed by atoms with E-state index in [0.717, 1.165) is 22.0 Å². The summed E-state index contributed by atoms with van der Waals surface area (Å²) in [5.74, 6) is -0.790. The van der Waals surface area contributed by atoms with Gasteiger partial charge >= 0.3 is 5.97 Å². The second-order valence-corrected chi connectivity index (χ2v) is 3.66. The van der Waals surface area contributed by atoms with E-state index in [0.29, 0.717) is 0 Å². The van der Waals surface area contributed by atoms with Crippen LogP contribution in [0.15, 0.2) is 22.7 Å². The lowest BCUT2D eigenvalue weighted by molar-refractivity contribution is -0.136. The number of hydrogen-bond donors (Lipinski definition) is 1. The Hall–Kier alpha value is -0.830. The van der Waals surface area contributed by atoms with Gasteiger partial charge in [0, 0.05) is 4.47 Å². The second-order valence-electron chi connectivity index (χ2n) is 2.80. The molecule has 0 aromatic heterocycles. The number of aliphatic carboxylic acids is 1. The van der Waals surface area contributed by atoms with Crippen LogP contribution in [0, 0.1) is 0 Å². The first-order chi connectivity index (χ1) is 6.15. The predicted molar refractivity (Wildman–Crippen MR) is 54.9 cm³/mol. The topological polar surface area (TPSA) is 37.3 Å². The molecule has 2 nitrogen and oxygen atoms in total. The van der Waals surface area contributed by atoms with Crippen molar-refractivity contribution in [3.8, 4) is 0 Å². The standard InChI is InChI=1S/C10H11BrO2/c1-2-7-4-3-5-9(11)8(7)6-10(12)13/h3-5H,2,6H2,1H3,(H,12,13). The number of carboxylic acids is 1. The van der Waals surface area contributed by atoms with Gasteiger partial charge in [0.1, 0.15) is 0 Å². The van der Waals surface area contributed by atoms with Gasteiger partial charge in [-0.15, -0.1) is 0 Å². The van der Waals surface area contributed by atoms with Crippen LogP contribution >= 0.6 is 15.9 Å². The Bertz CT molecular complexity index is 321. The summed E-state index contributed by atoms with van der Waals surface area (Å²) in [5.41, 5.74) is 1.98. The summed E-state index contributed by atoms with van der Waals surface area (Å²) in [6.45, 7) is 2.02. The van der Waals surface area contributed by atoms with Gasteiger partial charge in [0.2, 0.25) is 0 Å². The van der Waals surface area contributed by atoms with E-state index in [1.807, 2.05) is 25.1 Å². The van der Waals surface area contributed by atoms with Gasteiger partial charge in [-0.1, -0.05) is 35.0 Å². The lowest BCUT2D eigenvalue weighted by atomic mass is 10.0. The highest BCUT2D eigenvalue weighted by Gasteiger charge is 2.08. The lowest BCUT2D eigenvalue weighted by Gasteiger charge is -2.07. The number of benzene rings is 1. The molecule has 0 heterocycles. The number of aryl methyl sites for hydroxylation is 1. The van der Waals surface area contributed by atoms with Gasteiger partial charge in [-0.05, 0) is 23.6 Å². The first-order valence-electron chi connectivity index (χ1n) is 4.13. The molecule has 1 N–H and O–H groups in total. The third kappa shape index (κ3) is 2.56. The van der Waals surface area contributed by atoms with Crippen LogP contribution in [0.3, 0.4) is 0 Å². The van der Waals surface area contributed by atoms with Crippen LogP contribution in [0.4, 0.5) is 0 Å². The molecule has 1 aromatic rings. The molecule has 1 rings (SSSR count). The molecule has 3 heteroatoms. The summed E-state index contributed by atoms with van der Waals surface area (Å²) in [6.07, 6.45) is 0.951. The van der Waals surface area contributed by atoms with Gasteiger partial charge in [0.15, 0.2) is 0 Å². The van der Waals surface area contributed by atoms with Crippen LogP contribution in [0.25, 0.3) is 0 Å². The van der Waals surface area contributed by atoms with Crippen molar-refractivity contribution in [3.05, 3.63) is 33.8 Å². The number of rotatable bonds is 3. The molecule has 0 saturated heterocycles. The number of hydrogen-bond acceptors (Lipinski definition) is 1. The van der Waals surface area contributed by atoms with Crippen molar-refractivity contribution in [2.45, 2.75) is 19.8 Å². The second kappa shape index (κ2) is 4.42. The first-order valence-corrected chi connectivity index (χ1v) is 4.92. The zero-order chi connectivity index (χ0) is 9.84. The van der Waals surface area contributed by atoms with Gasteiger partial charge in [0.25, 0.3) is 0 Å². The first kappa shape index (κ1) is 10.3. The summed E-state index contributed by atoms with van der Waals surface area (Å²) in [4.78, 5) is 10.6. The summed E-state index contributed by atoms with van der Waals surface area (Å²) in [5, 5.41) is 8.69. The molecule has 0 aliphatic carbocycles. The van der Waals surface area contributed by atoms with E-state index in [1.165, 1.54) is 0 Å². The SMILES string of the molecule is CCc1cccc(Br)c1CC(=O)O. The van der Waals surface area contributed by atoms with Crippen molar-refractivity contribution in [1.29, 1.82) is 0 Å². The Kier molecular flexibility index (Phi) is 3.48. The quantitative estimate of drug-likeness (QED) is 0.885. The fraction of sp³-hybridized carbons (Fsp3) is 0.300. The predicted octanol–water partition coefficient (Wildman–Crippen LogP) is 2.64. The number of halogens is 1. The van der Waals surface area contributed by atoms with Crippen molar-refractivity contribution >= 4 is 21.9 Å². The molecule has 1 aromatic carbocycles. The zero-order valence-electron chi connectivity index (χ0n) is 7.38. The van der Waals surface area contributed by atoms with Crippen molar-refractivity contribution in [1.82, 2.24) is 0 Å². The fourth-order valence-corrected chi connectivity index (χ4v) is 1.83. The highest BCUT2D eigenvalue weighted by molar-refractivity contribution is 9.10. The third-order valence-corrected chi connectivity index (χ3v) is 2.67. The minimum atomic E-state index is -0.790. The van der Waals surface area contributed by atoms with Gasteiger partial charge < -0.3 is 5.11 Å². The van der Waals surface area contributed by atoms with Crippen LogP contribution in [-0.4, -0.2) is 11.1 Å². The van der Waals surface area contributed by atoms with E-state index in [-0.39, 0.29) is 6.42 Å². The van der Waals surface area contributed by atoms with E-state index in [9.17, 15) is 4.79 Å². The molecule has 0 saturated carbocycles. The molecule has 0 spiro atoms. The van der Waals surface area contributed by atoms with Gasteiger partial charge in [-0.2, -0.15) is 0 Å². The maximum atomic E-state index is 10.6. The monoisotopic (exact) mass is 242 g/mol. The number of carbonyl (C=O) groups is 1. The zero-order valence-corrected chi connectivity index (χ0v) is 8.97. The molecular formula is C10H11BrO2. The van der Waals surface area contributed by atoms with Gasteiger partial charge in [-0.25, -0.2) is 0 Å². The molecule has 0 atom stereocenters. The molecular weight excluding hydrogens is 232 g/mol. The lowest BCUT2D eigenvalue weighted by Crippen LogP contribution is -2.04. The fourth-order valence-electron chi connectivity index (χ4n) is 1.28. The third-order valence-electron chi connectivity index (χ3n) is 1.92. The molecule has 0 unspecified atom stereocenters. The van der Waals surface area contributed by atoms with Crippen molar-refractivity contribution in [2.75, 3.05) is 0 Å². The highest BCUT2D eigenvalue weighted by Crippen LogP contribution is 2.21. The summed E-state index contributed by atoms with van der Waals surface area (Å²) < 4.78 is 0.884. The molecule has 13 heavy (non-hydrogen) atoms. The largest absolute Gasteiger partial charge is 0.481 e. The van der Waals surface area contributed by atoms with Crippen LogP contribution in [-0.2, 0) is 17.6 Å². The van der Waals surface area contributed by atoms with E-state index >= 15 is 0 Å². The van der Waals surface area contributed by atoms with Crippen LogP contribution in [0.5, 0.6) is 0 Å².